The third-order valence-electron chi connectivity index (χ3n) is 1.95. The van der Waals surface area contributed by atoms with Crippen molar-refractivity contribution >= 4 is 49.6 Å². The maximum atomic E-state index is 4.33. The first-order chi connectivity index (χ1) is 7.63. The van der Waals surface area contributed by atoms with Gasteiger partial charge < -0.3 is 0 Å². The van der Waals surface area contributed by atoms with Gasteiger partial charge in [0.2, 0.25) is 0 Å². The predicted molar refractivity (Wildman–Crippen MR) is 78.8 cm³/mol. The highest BCUT2D eigenvalue weighted by atomic mass is 32.2. The summed E-state index contributed by atoms with van der Waals surface area (Å²) in [5, 5.41) is 0. The molecule has 0 unspecified atom stereocenters. The van der Waals surface area contributed by atoms with Gasteiger partial charge in [0.1, 0.15) is 0 Å². The van der Waals surface area contributed by atoms with Gasteiger partial charge in [0, 0.05) is 24.5 Å². The molecule has 0 nitrogen and oxygen atoms in total. The minimum Gasteiger partial charge on any atom is -0.143 e. The molecule has 0 atom stereocenters. The Labute approximate surface area is 116 Å². The fourth-order valence-corrected chi connectivity index (χ4v) is 3.18. The van der Waals surface area contributed by atoms with Gasteiger partial charge in [-0.2, -0.15) is 0 Å². The maximum absolute atomic E-state index is 4.33. The molecule has 0 saturated heterocycles. The topological polar surface area (TPSA) is 0 Å². The highest BCUT2D eigenvalue weighted by Gasteiger charge is 1.99. The molecule has 0 aliphatic rings. The Bertz CT molecular complexity index is 471. The van der Waals surface area contributed by atoms with Crippen LogP contribution in [0.2, 0.25) is 0 Å². The van der Waals surface area contributed by atoms with Gasteiger partial charge in [0.15, 0.2) is 0 Å². The second-order valence-corrected chi connectivity index (χ2v) is 5.98. The summed E-state index contributed by atoms with van der Waals surface area (Å²) in [5.74, 6) is 0. The highest BCUT2D eigenvalue weighted by molar-refractivity contribution is 7.99. The first-order valence-corrected chi connectivity index (χ1v) is 6.79. The van der Waals surface area contributed by atoms with Crippen LogP contribution in [-0.4, -0.2) is 0 Å². The third-order valence-corrected chi connectivity index (χ3v) is 3.74. The SMILES string of the molecule is Sc1ccc(Sc2cc(S)cc(S)c2)cc1. The lowest BCUT2D eigenvalue weighted by Gasteiger charge is -2.04. The smallest absolute Gasteiger partial charge is 0.0144 e. The molecule has 0 aliphatic heterocycles. The second-order valence-electron chi connectivity index (χ2n) is 3.28. The minimum atomic E-state index is 0.931. The normalized spacial score (nSPS) is 10.4. The van der Waals surface area contributed by atoms with Gasteiger partial charge in [0.05, 0.1) is 0 Å². The lowest BCUT2D eigenvalue weighted by molar-refractivity contribution is 1.23. The van der Waals surface area contributed by atoms with Crippen LogP contribution in [0.25, 0.3) is 0 Å². The lowest BCUT2D eigenvalue weighted by atomic mass is 10.4. The molecule has 0 bridgehead atoms. The Hall–Kier alpha value is -0.160. The Kier molecular flexibility index (Phi) is 4.19. The van der Waals surface area contributed by atoms with E-state index >= 15 is 0 Å². The summed E-state index contributed by atoms with van der Waals surface area (Å²) >= 11 is 14.6. The summed E-state index contributed by atoms with van der Waals surface area (Å²) in [6.07, 6.45) is 0. The Morgan fingerprint density at radius 2 is 1.19 bits per heavy atom. The molecule has 0 amide bonds. The average Bonchev–Trinajstić information content (AvgIpc) is 2.20. The molecule has 0 spiro atoms. The van der Waals surface area contributed by atoms with Crippen molar-refractivity contribution in [3.8, 4) is 0 Å². The maximum Gasteiger partial charge on any atom is 0.0144 e. The van der Waals surface area contributed by atoms with E-state index < -0.39 is 0 Å². The van der Waals surface area contributed by atoms with Crippen LogP contribution in [0.5, 0.6) is 0 Å². The number of hydrogen-bond donors (Lipinski definition) is 3. The summed E-state index contributed by atoms with van der Waals surface area (Å²) in [4.78, 5) is 5.16. The fourth-order valence-electron chi connectivity index (χ4n) is 1.28. The van der Waals surface area contributed by atoms with Gasteiger partial charge in [-0.15, -0.1) is 37.9 Å². The molecule has 0 fully saturated rings. The van der Waals surface area contributed by atoms with Crippen molar-refractivity contribution in [2.75, 3.05) is 0 Å². The zero-order valence-corrected chi connectivity index (χ0v) is 11.8. The number of thiol groups is 3. The van der Waals surface area contributed by atoms with Crippen LogP contribution in [0.15, 0.2) is 66.9 Å². The first kappa shape index (κ1) is 12.3. The quantitative estimate of drug-likeness (QED) is 0.671. The first-order valence-electron chi connectivity index (χ1n) is 4.63. The number of rotatable bonds is 2. The van der Waals surface area contributed by atoms with E-state index in [0.29, 0.717) is 0 Å². The zero-order valence-electron chi connectivity index (χ0n) is 8.29. The van der Waals surface area contributed by atoms with E-state index in [9.17, 15) is 0 Å². The Morgan fingerprint density at radius 3 is 1.75 bits per heavy atom. The molecular formula is C12H10S4. The van der Waals surface area contributed by atoms with Crippen molar-refractivity contribution in [2.45, 2.75) is 24.5 Å². The summed E-state index contributed by atoms with van der Waals surface area (Å²) in [6.45, 7) is 0. The highest BCUT2D eigenvalue weighted by Crippen LogP contribution is 2.31. The van der Waals surface area contributed by atoms with Crippen LogP contribution >= 0.6 is 49.6 Å². The molecule has 0 aromatic heterocycles. The van der Waals surface area contributed by atoms with E-state index in [0.717, 1.165) is 19.6 Å². The summed E-state index contributed by atoms with van der Waals surface area (Å²) in [5.41, 5.74) is 0. The molecule has 0 radical (unpaired) electrons. The van der Waals surface area contributed by atoms with E-state index in [1.54, 1.807) is 11.8 Å². The van der Waals surface area contributed by atoms with Gasteiger partial charge >= 0.3 is 0 Å². The van der Waals surface area contributed by atoms with Gasteiger partial charge in [0.25, 0.3) is 0 Å². The largest absolute Gasteiger partial charge is 0.143 e. The molecule has 82 valence electrons. The summed E-state index contributed by atoms with van der Waals surface area (Å²) < 4.78 is 0. The van der Waals surface area contributed by atoms with Gasteiger partial charge in [-0.05, 0) is 42.5 Å². The molecule has 2 aromatic rings. The van der Waals surface area contributed by atoms with E-state index in [4.69, 9.17) is 0 Å². The summed E-state index contributed by atoms with van der Waals surface area (Å²) in [6, 6.07) is 14.1. The second kappa shape index (κ2) is 5.45. The van der Waals surface area contributed by atoms with Crippen molar-refractivity contribution in [3.63, 3.8) is 0 Å². The Morgan fingerprint density at radius 1 is 0.625 bits per heavy atom. The van der Waals surface area contributed by atoms with Gasteiger partial charge in [-0.1, -0.05) is 11.8 Å². The van der Waals surface area contributed by atoms with Crippen LogP contribution in [0.1, 0.15) is 0 Å². The Balaban J connectivity index is 2.23. The van der Waals surface area contributed by atoms with Crippen molar-refractivity contribution in [3.05, 3.63) is 42.5 Å². The van der Waals surface area contributed by atoms with Crippen LogP contribution in [0, 0.1) is 0 Å². The molecule has 0 aliphatic carbocycles. The van der Waals surface area contributed by atoms with Crippen LogP contribution in [0.3, 0.4) is 0 Å². The number of benzene rings is 2. The summed E-state index contributed by atoms with van der Waals surface area (Å²) in [7, 11) is 0. The van der Waals surface area contributed by atoms with Gasteiger partial charge in [-0.3, -0.25) is 0 Å². The van der Waals surface area contributed by atoms with Crippen LogP contribution in [0.4, 0.5) is 0 Å². The molecule has 2 rings (SSSR count). The molecular weight excluding hydrogens is 272 g/mol. The minimum absolute atomic E-state index is 0.931. The fraction of sp³-hybridized carbons (Fsp3) is 0. The van der Waals surface area contributed by atoms with Crippen molar-refractivity contribution in [1.82, 2.24) is 0 Å². The molecule has 16 heavy (non-hydrogen) atoms. The van der Waals surface area contributed by atoms with Gasteiger partial charge in [-0.25, -0.2) is 0 Å². The molecule has 0 saturated carbocycles. The van der Waals surface area contributed by atoms with Crippen molar-refractivity contribution < 1.29 is 0 Å². The monoisotopic (exact) mass is 282 g/mol. The molecule has 0 N–H and O–H groups in total. The molecule has 2 aromatic carbocycles. The lowest BCUT2D eigenvalue weighted by Crippen LogP contribution is -1.76. The predicted octanol–water partition coefficient (Wildman–Crippen LogP) is 4.70. The van der Waals surface area contributed by atoms with Crippen molar-refractivity contribution in [1.29, 1.82) is 0 Å². The number of hydrogen-bond acceptors (Lipinski definition) is 4. The van der Waals surface area contributed by atoms with E-state index in [2.05, 4.69) is 50.0 Å². The van der Waals surface area contributed by atoms with Crippen molar-refractivity contribution in [2.24, 2.45) is 0 Å². The van der Waals surface area contributed by atoms with E-state index in [1.165, 1.54) is 4.90 Å². The van der Waals surface area contributed by atoms with E-state index in [-0.39, 0.29) is 0 Å². The van der Waals surface area contributed by atoms with E-state index in [1.807, 2.05) is 30.3 Å². The molecule has 0 heterocycles. The van der Waals surface area contributed by atoms with Crippen LogP contribution in [-0.2, 0) is 0 Å². The zero-order chi connectivity index (χ0) is 11.5. The average molecular weight is 282 g/mol. The van der Waals surface area contributed by atoms with Crippen LogP contribution < -0.4 is 0 Å². The third kappa shape index (κ3) is 3.42. The molecule has 4 heteroatoms. The standard InChI is InChI=1S/C12H10S4/c13-8-1-3-11(4-2-8)16-12-6-9(14)5-10(15)7-12/h1-7,13-15H.